The molecule has 0 aliphatic heterocycles. The second-order valence-electron chi connectivity index (χ2n) is 4.66. The number of hydrogen-bond acceptors (Lipinski definition) is 3. The SMILES string of the molecule is CCC(CO)c1nc(C)cc(-c2cc(Br)ccc2F)n1. The van der Waals surface area contributed by atoms with Crippen LogP contribution in [-0.4, -0.2) is 21.7 Å². The highest BCUT2D eigenvalue weighted by atomic mass is 79.9. The lowest BCUT2D eigenvalue weighted by Gasteiger charge is -2.13. The number of nitrogens with zero attached hydrogens (tertiary/aromatic N) is 2. The van der Waals surface area contributed by atoms with E-state index in [2.05, 4.69) is 25.9 Å². The highest BCUT2D eigenvalue weighted by Crippen LogP contribution is 2.27. The number of aliphatic hydroxyl groups is 1. The second kappa shape index (κ2) is 6.41. The maximum atomic E-state index is 14.0. The lowest BCUT2D eigenvalue weighted by Crippen LogP contribution is -2.09. The number of aromatic nitrogens is 2. The van der Waals surface area contributed by atoms with Gasteiger partial charge in [0.2, 0.25) is 0 Å². The summed E-state index contributed by atoms with van der Waals surface area (Å²) < 4.78 is 14.7. The first-order valence-electron chi connectivity index (χ1n) is 6.47. The summed E-state index contributed by atoms with van der Waals surface area (Å²) in [4.78, 5) is 8.76. The van der Waals surface area contributed by atoms with Crippen LogP contribution in [0.5, 0.6) is 0 Å². The molecule has 1 heterocycles. The molecule has 0 aliphatic rings. The molecule has 0 aliphatic carbocycles. The van der Waals surface area contributed by atoms with Crippen molar-refractivity contribution < 1.29 is 9.50 Å². The number of benzene rings is 1. The third-order valence-electron chi connectivity index (χ3n) is 3.15. The van der Waals surface area contributed by atoms with E-state index in [-0.39, 0.29) is 18.3 Å². The smallest absolute Gasteiger partial charge is 0.134 e. The van der Waals surface area contributed by atoms with Crippen LogP contribution in [0.4, 0.5) is 4.39 Å². The Morgan fingerprint density at radius 1 is 1.30 bits per heavy atom. The predicted molar refractivity (Wildman–Crippen MR) is 80.0 cm³/mol. The van der Waals surface area contributed by atoms with Gasteiger partial charge in [-0.25, -0.2) is 14.4 Å². The topological polar surface area (TPSA) is 46.0 Å². The minimum Gasteiger partial charge on any atom is -0.396 e. The fourth-order valence-electron chi connectivity index (χ4n) is 2.00. The van der Waals surface area contributed by atoms with Gasteiger partial charge in [0.15, 0.2) is 0 Å². The molecule has 0 saturated carbocycles. The fraction of sp³-hybridized carbons (Fsp3) is 0.333. The van der Waals surface area contributed by atoms with Crippen LogP contribution in [-0.2, 0) is 0 Å². The number of hydrogen-bond donors (Lipinski definition) is 1. The number of aliphatic hydroxyl groups excluding tert-OH is 1. The van der Waals surface area contributed by atoms with Gasteiger partial charge in [-0.3, -0.25) is 0 Å². The Kier molecular flexibility index (Phi) is 4.83. The van der Waals surface area contributed by atoms with Crippen molar-refractivity contribution in [2.24, 2.45) is 0 Å². The molecule has 1 atom stereocenters. The van der Waals surface area contributed by atoms with E-state index in [1.165, 1.54) is 6.07 Å². The summed E-state index contributed by atoms with van der Waals surface area (Å²) in [5.41, 5.74) is 1.73. The van der Waals surface area contributed by atoms with Crippen LogP contribution in [0.2, 0.25) is 0 Å². The zero-order valence-electron chi connectivity index (χ0n) is 11.4. The van der Waals surface area contributed by atoms with Gasteiger partial charge in [-0.2, -0.15) is 0 Å². The maximum Gasteiger partial charge on any atom is 0.134 e. The van der Waals surface area contributed by atoms with E-state index in [4.69, 9.17) is 0 Å². The monoisotopic (exact) mass is 338 g/mol. The van der Waals surface area contributed by atoms with Crippen molar-refractivity contribution in [1.82, 2.24) is 9.97 Å². The van der Waals surface area contributed by atoms with Crippen molar-refractivity contribution >= 4 is 15.9 Å². The highest BCUT2D eigenvalue weighted by molar-refractivity contribution is 9.10. The fourth-order valence-corrected chi connectivity index (χ4v) is 2.36. The number of halogens is 2. The number of aryl methyl sites for hydroxylation is 1. The molecule has 0 spiro atoms. The molecule has 5 heteroatoms. The highest BCUT2D eigenvalue weighted by Gasteiger charge is 2.15. The van der Waals surface area contributed by atoms with E-state index in [0.717, 1.165) is 16.6 Å². The van der Waals surface area contributed by atoms with Crippen LogP contribution in [0.3, 0.4) is 0 Å². The Balaban J connectivity index is 2.54. The second-order valence-corrected chi connectivity index (χ2v) is 5.58. The average Bonchev–Trinajstić information content (AvgIpc) is 2.42. The molecule has 1 aromatic carbocycles. The van der Waals surface area contributed by atoms with Crippen molar-refractivity contribution in [3.8, 4) is 11.3 Å². The van der Waals surface area contributed by atoms with Crippen molar-refractivity contribution in [2.45, 2.75) is 26.2 Å². The summed E-state index contributed by atoms with van der Waals surface area (Å²) in [7, 11) is 0. The van der Waals surface area contributed by atoms with Crippen LogP contribution >= 0.6 is 15.9 Å². The Morgan fingerprint density at radius 2 is 2.05 bits per heavy atom. The van der Waals surface area contributed by atoms with Gasteiger partial charge < -0.3 is 5.11 Å². The lowest BCUT2D eigenvalue weighted by molar-refractivity contribution is 0.257. The molecule has 0 fully saturated rings. The van der Waals surface area contributed by atoms with Crippen molar-refractivity contribution in [3.63, 3.8) is 0 Å². The van der Waals surface area contributed by atoms with E-state index in [9.17, 15) is 9.50 Å². The molecule has 106 valence electrons. The molecular weight excluding hydrogens is 323 g/mol. The molecule has 0 bridgehead atoms. The zero-order chi connectivity index (χ0) is 14.7. The molecular formula is C15H16BrFN2O. The van der Waals surface area contributed by atoms with Crippen LogP contribution in [0.15, 0.2) is 28.7 Å². The van der Waals surface area contributed by atoms with Gasteiger partial charge in [0, 0.05) is 21.6 Å². The standard InChI is InChI=1S/C15H16BrFN2O/c1-3-10(8-20)15-18-9(2)6-14(19-15)12-7-11(16)4-5-13(12)17/h4-7,10,20H,3,8H2,1-2H3. The maximum absolute atomic E-state index is 14.0. The van der Waals surface area contributed by atoms with E-state index in [0.29, 0.717) is 17.1 Å². The van der Waals surface area contributed by atoms with E-state index in [1.54, 1.807) is 18.2 Å². The normalized spacial score (nSPS) is 12.4. The van der Waals surface area contributed by atoms with Crippen molar-refractivity contribution in [2.75, 3.05) is 6.61 Å². The molecule has 0 radical (unpaired) electrons. The molecule has 2 rings (SSSR count). The van der Waals surface area contributed by atoms with Crippen molar-refractivity contribution in [1.29, 1.82) is 0 Å². The molecule has 0 saturated heterocycles. The quantitative estimate of drug-likeness (QED) is 0.921. The summed E-state index contributed by atoms with van der Waals surface area (Å²) in [6, 6.07) is 6.50. The van der Waals surface area contributed by atoms with Crippen molar-refractivity contribution in [3.05, 3.63) is 46.1 Å². The van der Waals surface area contributed by atoms with Crippen LogP contribution in [0, 0.1) is 12.7 Å². The largest absolute Gasteiger partial charge is 0.396 e. The molecule has 20 heavy (non-hydrogen) atoms. The molecule has 1 N–H and O–H groups in total. The van der Waals surface area contributed by atoms with Gasteiger partial charge in [0.1, 0.15) is 11.6 Å². The molecule has 2 aromatic rings. The third-order valence-corrected chi connectivity index (χ3v) is 3.65. The summed E-state index contributed by atoms with van der Waals surface area (Å²) in [6.45, 7) is 3.79. The van der Waals surface area contributed by atoms with Gasteiger partial charge in [0.05, 0.1) is 12.3 Å². The first-order chi connectivity index (χ1) is 9.55. The predicted octanol–water partition coefficient (Wildman–Crippen LogP) is 3.84. The minimum absolute atomic E-state index is 0.0135. The lowest BCUT2D eigenvalue weighted by atomic mass is 10.1. The van der Waals surface area contributed by atoms with E-state index >= 15 is 0 Å². The van der Waals surface area contributed by atoms with Crippen LogP contribution in [0.25, 0.3) is 11.3 Å². The first kappa shape index (κ1) is 15.1. The van der Waals surface area contributed by atoms with Crippen LogP contribution < -0.4 is 0 Å². The van der Waals surface area contributed by atoms with Gasteiger partial charge in [-0.15, -0.1) is 0 Å². The van der Waals surface area contributed by atoms with E-state index in [1.807, 2.05) is 13.8 Å². The Morgan fingerprint density at radius 3 is 2.70 bits per heavy atom. The molecule has 0 amide bonds. The summed E-state index contributed by atoms with van der Waals surface area (Å²) in [5.74, 6) is 0.113. The Hall–Kier alpha value is -1.33. The average molecular weight is 339 g/mol. The molecule has 3 nitrogen and oxygen atoms in total. The minimum atomic E-state index is -0.325. The van der Waals surface area contributed by atoms with Gasteiger partial charge in [-0.1, -0.05) is 22.9 Å². The summed E-state index contributed by atoms with van der Waals surface area (Å²) >= 11 is 3.34. The third kappa shape index (κ3) is 3.22. The van der Waals surface area contributed by atoms with Gasteiger partial charge in [0.25, 0.3) is 0 Å². The van der Waals surface area contributed by atoms with Gasteiger partial charge >= 0.3 is 0 Å². The first-order valence-corrected chi connectivity index (χ1v) is 7.26. The van der Waals surface area contributed by atoms with E-state index < -0.39 is 0 Å². The Labute approximate surface area is 126 Å². The Bertz CT molecular complexity index is 615. The van der Waals surface area contributed by atoms with Gasteiger partial charge in [-0.05, 0) is 37.6 Å². The number of rotatable bonds is 4. The summed E-state index contributed by atoms with van der Waals surface area (Å²) in [5, 5.41) is 9.37. The summed E-state index contributed by atoms with van der Waals surface area (Å²) in [6.07, 6.45) is 0.736. The molecule has 1 aromatic heterocycles. The molecule has 1 unspecified atom stereocenters. The van der Waals surface area contributed by atoms with Crippen LogP contribution in [0.1, 0.15) is 30.8 Å². The zero-order valence-corrected chi connectivity index (χ0v) is 13.0.